The zero-order valence-electron chi connectivity index (χ0n) is 6.58. The summed E-state index contributed by atoms with van der Waals surface area (Å²) in [6, 6.07) is 7.71. The molecule has 1 aliphatic heterocycles. The van der Waals surface area contributed by atoms with Crippen LogP contribution in [0.1, 0.15) is 11.5 Å². The molecule has 3 N–H and O–H groups in total. The minimum atomic E-state index is -0.0406. The van der Waals surface area contributed by atoms with Crippen molar-refractivity contribution in [3.05, 3.63) is 29.8 Å². The average Bonchev–Trinajstić information content (AvgIpc) is 2.47. The first-order chi connectivity index (χ1) is 5.79. The SMILES string of the molecule is N=C(N)[C@@H]1COc2ccccc21. The number of ether oxygens (including phenoxy) is 1. The van der Waals surface area contributed by atoms with Crippen molar-refractivity contribution in [1.29, 1.82) is 5.41 Å². The predicted molar refractivity (Wildman–Crippen MR) is 46.6 cm³/mol. The van der Waals surface area contributed by atoms with Crippen LogP contribution in [-0.2, 0) is 0 Å². The maximum atomic E-state index is 7.32. The molecule has 2 rings (SSSR count). The number of fused-ring (bicyclic) bond motifs is 1. The number of nitrogens with one attached hydrogen (secondary N) is 1. The summed E-state index contributed by atoms with van der Waals surface area (Å²) in [5.74, 6) is 0.999. The lowest BCUT2D eigenvalue weighted by atomic mass is 10.0. The van der Waals surface area contributed by atoms with Crippen LogP contribution in [0.5, 0.6) is 5.75 Å². The van der Waals surface area contributed by atoms with Gasteiger partial charge in [-0.05, 0) is 6.07 Å². The van der Waals surface area contributed by atoms with Crippen molar-refractivity contribution in [1.82, 2.24) is 0 Å². The molecule has 0 unspecified atom stereocenters. The van der Waals surface area contributed by atoms with E-state index in [1.54, 1.807) is 0 Å². The molecule has 0 bridgehead atoms. The molecule has 3 heteroatoms. The monoisotopic (exact) mass is 162 g/mol. The predicted octanol–water partition coefficient (Wildman–Crippen LogP) is 1.10. The van der Waals surface area contributed by atoms with E-state index in [1.807, 2.05) is 24.3 Å². The molecule has 0 saturated heterocycles. The van der Waals surface area contributed by atoms with Gasteiger partial charge in [0, 0.05) is 5.56 Å². The molecule has 1 aromatic rings. The highest BCUT2D eigenvalue weighted by molar-refractivity contribution is 5.86. The maximum Gasteiger partial charge on any atom is 0.123 e. The molecule has 0 aliphatic carbocycles. The van der Waals surface area contributed by atoms with Crippen molar-refractivity contribution < 1.29 is 4.74 Å². The summed E-state index contributed by atoms with van der Waals surface area (Å²) in [5.41, 5.74) is 6.45. The summed E-state index contributed by atoms with van der Waals surface area (Å²) in [6.45, 7) is 0.509. The second-order valence-corrected chi connectivity index (χ2v) is 2.86. The molecule has 0 fully saturated rings. The summed E-state index contributed by atoms with van der Waals surface area (Å²) in [4.78, 5) is 0. The Bertz CT molecular complexity index is 322. The Hall–Kier alpha value is -1.51. The third-order valence-corrected chi connectivity index (χ3v) is 2.08. The second-order valence-electron chi connectivity index (χ2n) is 2.86. The average molecular weight is 162 g/mol. The topological polar surface area (TPSA) is 59.1 Å². The molecule has 62 valence electrons. The van der Waals surface area contributed by atoms with E-state index in [4.69, 9.17) is 15.9 Å². The minimum Gasteiger partial charge on any atom is -0.492 e. The van der Waals surface area contributed by atoms with Crippen molar-refractivity contribution in [2.75, 3.05) is 6.61 Å². The number of hydrogen-bond acceptors (Lipinski definition) is 2. The summed E-state index contributed by atoms with van der Waals surface area (Å²) < 4.78 is 5.35. The van der Waals surface area contributed by atoms with Crippen molar-refractivity contribution in [2.45, 2.75) is 5.92 Å². The fourth-order valence-corrected chi connectivity index (χ4v) is 1.42. The Balaban J connectivity index is 2.42. The van der Waals surface area contributed by atoms with Crippen LogP contribution in [0.4, 0.5) is 0 Å². The summed E-state index contributed by atoms with van der Waals surface area (Å²) >= 11 is 0. The molecular weight excluding hydrogens is 152 g/mol. The lowest BCUT2D eigenvalue weighted by Crippen LogP contribution is -2.21. The molecule has 1 aliphatic rings. The van der Waals surface area contributed by atoms with Gasteiger partial charge in [0.2, 0.25) is 0 Å². The van der Waals surface area contributed by atoms with Crippen molar-refractivity contribution >= 4 is 5.84 Å². The lowest BCUT2D eigenvalue weighted by molar-refractivity contribution is 0.349. The van der Waals surface area contributed by atoms with Gasteiger partial charge in [0.05, 0.1) is 5.92 Å². The van der Waals surface area contributed by atoms with Gasteiger partial charge in [0.25, 0.3) is 0 Å². The van der Waals surface area contributed by atoms with E-state index >= 15 is 0 Å². The number of rotatable bonds is 1. The van der Waals surface area contributed by atoms with Crippen LogP contribution in [0.25, 0.3) is 0 Å². The molecule has 1 heterocycles. The minimum absolute atomic E-state index is 0.0406. The van der Waals surface area contributed by atoms with Crippen LogP contribution >= 0.6 is 0 Å². The van der Waals surface area contributed by atoms with E-state index in [2.05, 4.69) is 0 Å². The first-order valence-corrected chi connectivity index (χ1v) is 3.84. The molecule has 1 aromatic carbocycles. The highest BCUT2D eigenvalue weighted by atomic mass is 16.5. The zero-order chi connectivity index (χ0) is 8.55. The van der Waals surface area contributed by atoms with Gasteiger partial charge in [-0.15, -0.1) is 0 Å². The van der Waals surface area contributed by atoms with Crippen molar-refractivity contribution in [2.24, 2.45) is 5.73 Å². The second kappa shape index (κ2) is 2.52. The van der Waals surface area contributed by atoms with Gasteiger partial charge < -0.3 is 10.5 Å². The standard InChI is InChI=1S/C9H10N2O/c10-9(11)7-5-12-8-4-2-1-3-6(7)8/h1-4,7H,5H2,(H3,10,11)/t7-/m1/s1. The van der Waals surface area contributed by atoms with E-state index < -0.39 is 0 Å². The Kier molecular flexibility index (Phi) is 1.50. The van der Waals surface area contributed by atoms with E-state index in [1.165, 1.54) is 0 Å². The highest BCUT2D eigenvalue weighted by Crippen LogP contribution is 2.32. The summed E-state index contributed by atoms with van der Waals surface area (Å²) in [5, 5.41) is 7.32. The lowest BCUT2D eigenvalue weighted by Gasteiger charge is -2.04. The Labute approximate surface area is 70.7 Å². The Morgan fingerprint density at radius 2 is 2.25 bits per heavy atom. The highest BCUT2D eigenvalue weighted by Gasteiger charge is 2.25. The van der Waals surface area contributed by atoms with Crippen molar-refractivity contribution in [3.63, 3.8) is 0 Å². The first kappa shape index (κ1) is 7.16. The van der Waals surface area contributed by atoms with Gasteiger partial charge in [-0.1, -0.05) is 18.2 Å². The van der Waals surface area contributed by atoms with Crippen molar-refractivity contribution in [3.8, 4) is 5.75 Å². The number of benzene rings is 1. The van der Waals surface area contributed by atoms with Gasteiger partial charge in [-0.2, -0.15) is 0 Å². The van der Waals surface area contributed by atoms with Crippen LogP contribution < -0.4 is 10.5 Å². The molecule has 0 spiro atoms. The fourth-order valence-electron chi connectivity index (χ4n) is 1.42. The van der Waals surface area contributed by atoms with Gasteiger partial charge in [-0.25, -0.2) is 0 Å². The summed E-state index contributed by atoms with van der Waals surface area (Å²) in [6.07, 6.45) is 0. The molecule has 12 heavy (non-hydrogen) atoms. The fraction of sp³-hybridized carbons (Fsp3) is 0.222. The molecule has 0 radical (unpaired) electrons. The molecule has 3 nitrogen and oxygen atoms in total. The third kappa shape index (κ3) is 0.942. The number of nitrogens with two attached hydrogens (primary N) is 1. The molecular formula is C9H10N2O. The van der Waals surface area contributed by atoms with Gasteiger partial charge >= 0.3 is 0 Å². The molecule has 0 aromatic heterocycles. The van der Waals surface area contributed by atoms with E-state index in [0.717, 1.165) is 11.3 Å². The normalized spacial score (nSPS) is 19.8. The van der Waals surface area contributed by atoms with Crippen LogP contribution in [0.15, 0.2) is 24.3 Å². The molecule has 0 amide bonds. The van der Waals surface area contributed by atoms with E-state index in [0.29, 0.717) is 6.61 Å². The maximum absolute atomic E-state index is 7.32. The zero-order valence-corrected chi connectivity index (χ0v) is 6.58. The molecule has 1 atom stereocenters. The van der Waals surface area contributed by atoms with Crippen LogP contribution in [0.2, 0.25) is 0 Å². The smallest absolute Gasteiger partial charge is 0.123 e. The quantitative estimate of drug-likeness (QED) is 0.480. The van der Waals surface area contributed by atoms with Gasteiger partial charge in [-0.3, -0.25) is 5.41 Å². The third-order valence-electron chi connectivity index (χ3n) is 2.08. The van der Waals surface area contributed by atoms with E-state index in [-0.39, 0.29) is 11.8 Å². The van der Waals surface area contributed by atoms with Gasteiger partial charge in [0.1, 0.15) is 18.2 Å². The molecule has 0 saturated carbocycles. The van der Waals surface area contributed by atoms with Gasteiger partial charge in [0.15, 0.2) is 0 Å². The first-order valence-electron chi connectivity index (χ1n) is 3.84. The van der Waals surface area contributed by atoms with Crippen LogP contribution in [-0.4, -0.2) is 12.4 Å². The number of para-hydroxylation sites is 1. The van der Waals surface area contributed by atoms with Crippen LogP contribution in [0.3, 0.4) is 0 Å². The summed E-state index contributed by atoms with van der Waals surface area (Å²) in [7, 11) is 0. The Morgan fingerprint density at radius 1 is 1.50 bits per heavy atom. The van der Waals surface area contributed by atoms with Crippen LogP contribution in [0, 0.1) is 5.41 Å². The Morgan fingerprint density at radius 3 is 3.00 bits per heavy atom. The largest absolute Gasteiger partial charge is 0.492 e. The van der Waals surface area contributed by atoms with E-state index in [9.17, 15) is 0 Å². The number of hydrogen-bond donors (Lipinski definition) is 2. The number of amidine groups is 1.